The fourth-order valence-electron chi connectivity index (χ4n) is 3.63. The van der Waals surface area contributed by atoms with Crippen molar-refractivity contribution in [3.63, 3.8) is 0 Å². The lowest BCUT2D eigenvalue weighted by Crippen LogP contribution is -2.49. The molecule has 7 nitrogen and oxygen atoms in total. The molecule has 2 aliphatic rings. The Balaban J connectivity index is 1.34. The first kappa shape index (κ1) is 17.4. The second-order valence-electron chi connectivity index (χ2n) is 6.85. The number of anilines is 1. The van der Waals surface area contributed by atoms with Crippen LogP contribution in [0, 0.1) is 0 Å². The highest BCUT2D eigenvalue weighted by Crippen LogP contribution is 2.23. The number of hydrogen-bond acceptors (Lipinski definition) is 7. The van der Waals surface area contributed by atoms with Crippen LogP contribution in [0.3, 0.4) is 0 Å². The summed E-state index contributed by atoms with van der Waals surface area (Å²) in [5.74, 6) is 0.855. The number of carbonyl (C=O) groups excluding carboxylic acids is 1. The summed E-state index contributed by atoms with van der Waals surface area (Å²) in [6, 6.07) is 4.03. The molecule has 138 valence electrons. The van der Waals surface area contributed by atoms with Gasteiger partial charge in [0.2, 0.25) is 0 Å². The van der Waals surface area contributed by atoms with E-state index in [1.165, 1.54) is 12.8 Å². The molecule has 26 heavy (non-hydrogen) atoms. The molecule has 1 unspecified atom stereocenters. The molecule has 0 spiro atoms. The van der Waals surface area contributed by atoms with Crippen molar-refractivity contribution in [1.82, 2.24) is 25.0 Å². The highest BCUT2D eigenvalue weighted by Gasteiger charge is 2.27. The Morgan fingerprint density at radius 2 is 1.85 bits per heavy atom. The molecule has 0 N–H and O–H groups in total. The maximum atomic E-state index is 12.7. The maximum absolute atomic E-state index is 12.7. The third-order valence-electron chi connectivity index (χ3n) is 5.26. The van der Waals surface area contributed by atoms with Crippen molar-refractivity contribution in [1.29, 1.82) is 0 Å². The zero-order valence-electron chi connectivity index (χ0n) is 15.0. The van der Waals surface area contributed by atoms with Crippen LogP contribution in [-0.4, -0.2) is 70.2 Å². The fraction of sp³-hybridized carbons (Fsp3) is 0.556. The van der Waals surface area contributed by atoms with E-state index in [9.17, 15) is 4.79 Å². The third kappa shape index (κ3) is 3.57. The average molecular weight is 372 g/mol. The van der Waals surface area contributed by atoms with Crippen molar-refractivity contribution < 1.29 is 4.79 Å². The van der Waals surface area contributed by atoms with E-state index < -0.39 is 0 Å². The Morgan fingerprint density at radius 1 is 1.08 bits per heavy atom. The van der Waals surface area contributed by atoms with Crippen molar-refractivity contribution in [3.8, 4) is 0 Å². The second-order valence-corrected chi connectivity index (χ2v) is 7.77. The van der Waals surface area contributed by atoms with Crippen LogP contribution >= 0.6 is 11.3 Å². The molecule has 4 rings (SSSR count). The van der Waals surface area contributed by atoms with E-state index in [1.807, 2.05) is 28.6 Å². The molecular formula is C18H24N6OS. The van der Waals surface area contributed by atoms with Crippen LogP contribution in [0.25, 0.3) is 0 Å². The first-order chi connectivity index (χ1) is 12.7. The summed E-state index contributed by atoms with van der Waals surface area (Å²) in [6.07, 6.45) is 4.25. The summed E-state index contributed by atoms with van der Waals surface area (Å²) in [6.45, 7) is 7.37. The normalized spacial score (nSPS) is 19.7. The van der Waals surface area contributed by atoms with Gasteiger partial charge in [-0.25, -0.2) is 4.98 Å². The van der Waals surface area contributed by atoms with Gasteiger partial charge in [-0.15, -0.1) is 21.5 Å². The van der Waals surface area contributed by atoms with E-state index in [4.69, 9.17) is 0 Å². The standard InChI is InChI=1S/C18H24N6OS/c1-14(17-19-6-13-26-17)22-9-11-24(12-10-22)18(25)15-4-5-16(21-20-15)23-7-2-3-8-23/h4-6,13-14H,2-3,7-12H2,1H3. The van der Waals surface area contributed by atoms with E-state index >= 15 is 0 Å². The van der Waals surface area contributed by atoms with Crippen molar-refractivity contribution in [2.75, 3.05) is 44.2 Å². The molecule has 1 amide bonds. The Bertz CT molecular complexity index is 721. The molecule has 0 bridgehead atoms. The van der Waals surface area contributed by atoms with Crippen LogP contribution in [0.1, 0.15) is 41.3 Å². The highest BCUT2D eigenvalue weighted by atomic mass is 32.1. The molecule has 4 heterocycles. The minimum Gasteiger partial charge on any atom is -0.355 e. The minimum absolute atomic E-state index is 0.0213. The molecular weight excluding hydrogens is 348 g/mol. The smallest absolute Gasteiger partial charge is 0.274 e. The van der Waals surface area contributed by atoms with Crippen LogP contribution in [0.4, 0.5) is 5.82 Å². The van der Waals surface area contributed by atoms with Gasteiger partial charge in [0.15, 0.2) is 11.5 Å². The molecule has 2 aliphatic heterocycles. The van der Waals surface area contributed by atoms with E-state index in [-0.39, 0.29) is 5.91 Å². The lowest BCUT2D eigenvalue weighted by molar-refractivity contribution is 0.0575. The van der Waals surface area contributed by atoms with Crippen molar-refractivity contribution in [3.05, 3.63) is 34.4 Å². The van der Waals surface area contributed by atoms with E-state index in [0.717, 1.165) is 37.0 Å². The molecule has 8 heteroatoms. The Hall–Kier alpha value is -2.06. The summed E-state index contributed by atoms with van der Waals surface area (Å²) < 4.78 is 0. The third-order valence-corrected chi connectivity index (χ3v) is 6.20. The van der Waals surface area contributed by atoms with Gasteiger partial charge in [0.05, 0.1) is 6.04 Å². The molecule has 1 atom stereocenters. The molecule has 2 aromatic heterocycles. The van der Waals surface area contributed by atoms with Gasteiger partial charge < -0.3 is 9.80 Å². The number of piperazine rings is 1. The Morgan fingerprint density at radius 3 is 2.46 bits per heavy atom. The van der Waals surface area contributed by atoms with Crippen LogP contribution in [0.2, 0.25) is 0 Å². The summed E-state index contributed by atoms with van der Waals surface area (Å²) in [5.41, 5.74) is 0.439. The SMILES string of the molecule is CC(c1nccs1)N1CCN(C(=O)c2ccc(N3CCCC3)nn2)CC1. The van der Waals surface area contributed by atoms with Crippen molar-refractivity contribution in [2.45, 2.75) is 25.8 Å². The van der Waals surface area contributed by atoms with Gasteiger partial charge in [-0.3, -0.25) is 9.69 Å². The zero-order valence-corrected chi connectivity index (χ0v) is 15.9. The van der Waals surface area contributed by atoms with Gasteiger partial charge in [0.25, 0.3) is 5.91 Å². The number of carbonyl (C=O) groups is 1. The predicted molar refractivity (Wildman–Crippen MR) is 101 cm³/mol. The molecule has 0 aliphatic carbocycles. The van der Waals surface area contributed by atoms with Crippen molar-refractivity contribution in [2.24, 2.45) is 0 Å². The summed E-state index contributed by atoms with van der Waals surface area (Å²) in [5, 5.41) is 11.6. The number of nitrogens with zero attached hydrogens (tertiary/aromatic N) is 6. The molecule has 2 aromatic rings. The summed E-state index contributed by atoms with van der Waals surface area (Å²) in [4.78, 5) is 23.6. The lowest BCUT2D eigenvalue weighted by atomic mass is 10.2. The topological polar surface area (TPSA) is 65.5 Å². The number of aromatic nitrogens is 3. The predicted octanol–water partition coefficient (Wildman–Crippen LogP) is 2.05. The number of hydrogen-bond donors (Lipinski definition) is 0. The highest BCUT2D eigenvalue weighted by molar-refractivity contribution is 7.09. The first-order valence-corrected chi connectivity index (χ1v) is 10.1. The van der Waals surface area contributed by atoms with Crippen molar-refractivity contribution >= 4 is 23.1 Å². The molecule has 2 fully saturated rings. The summed E-state index contributed by atoms with van der Waals surface area (Å²) in [7, 11) is 0. The maximum Gasteiger partial charge on any atom is 0.274 e. The van der Waals surface area contributed by atoms with Gasteiger partial charge in [-0.1, -0.05) is 0 Å². The van der Waals surface area contributed by atoms with Gasteiger partial charge in [0.1, 0.15) is 5.01 Å². The van der Waals surface area contributed by atoms with Crippen LogP contribution in [0.15, 0.2) is 23.7 Å². The number of amides is 1. The van der Waals surface area contributed by atoms with Gasteiger partial charge in [0, 0.05) is 50.8 Å². The number of thiazole rings is 1. The second kappa shape index (κ2) is 7.67. The van der Waals surface area contributed by atoms with Gasteiger partial charge >= 0.3 is 0 Å². The monoisotopic (exact) mass is 372 g/mol. The average Bonchev–Trinajstić information content (AvgIpc) is 3.41. The molecule has 0 aromatic carbocycles. The van der Waals surface area contributed by atoms with Gasteiger partial charge in [-0.2, -0.15) is 0 Å². The number of rotatable bonds is 4. The lowest BCUT2D eigenvalue weighted by Gasteiger charge is -2.37. The Kier molecular flexibility index (Phi) is 5.12. The fourth-order valence-corrected chi connectivity index (χ4v) is 4.35. The first-order valence-electron chi connectivity index (χ1n) is 9.24. The van der Waals surface area contributed by atoms with E-state index in [1.54, 1.807) is 11.3 Å². The quantitative estimate of drug-likeness (QED) is 0.818. The van der Waals surface area contributed by atoms with E-state index in [0.29, 0.717) is 24.8 Å². The van der Waals surface area contributed by atoms with E-state index in [2.05, 4.69) is 31.9 Å². The van der Waals surface area contributed by atoms with Gasteiger partial charge in [-0.05, 0) is 31.9 Å². The largest absolute Gasteiger partial charge is 0.355 e. The van der Waals surface area contributed by atoms with Crippen LogP contribution in [0.5, 0.6) is 0 Å². The molecule has 2 saturated heterocycles. The van der Waals surface area contributed by atoms with Crippen LogP contribution in [-0.2, 0) is 0 Å². The van der Waals surface area contributed by atoms with Crippen LogP contribution < -0.4 is 4.90 Å². The molecule has 0 saturated carbocycles. The Labute approximate surface area is 157 Å². The minimum atomic E-state index is -0.0213. The zero-order chi connectivity index (χ0) is 17.9. The molecule has 0 radical (unpaired) electrons. The summed E-state index contributed by atoms with van der Waals surface area (Å²) >= 11 is 1.68.